The molecule has 0 aliphatic rings. The highest BCUT2D eigenvalue weighted by atomic mass is 28.1. The molecule has 0 saturated carbocycles. The first-order chi connectivity index (χ1) is 5.52. The lowest BCUT2D eigenvalue weighted by atomic mass is 9.98. The van der Waals surface area contributed by atoms with Crippen LogP contribution in [0.3, 0.4) is 0 Å². The summed E-state index contributed by atoms with van der Waals surface area (Å²) in [6, 6.07) is 0. The van der Waals surface area contributed by atoms with E-state index in [2.05, 4.69) is 39.5 Å². The molecule has 0 aromatic heterocycles. The Balaban J connectivity index is 4.47. The second-order valence-electron chi connectivity index (χ2n) is 4.04. The van der Waals surface area contributed by atoms with Crippen LogP contribution in [0.15, 0.2) is 0 Å². The average Bonchev–Trinajstić information content (AvgIpc) is 2.05. The first-order valence-corrected chi connectivity index (χ1v) is 6.27. The summed E-state index contributed by atoms with van der Waals surface area (Å²) in [6.07, 6.45) is 1.30. The zero-order chi connectivity index (χ0) is 9.78. The fourth-order valence-corrected chi connectivity index (χ4v) is 2.58. The van der Waals surface area contributed by atoms with Gasteiger partial charge in [-0.1, -0.05) is 34.6 Å². The molecule has 74 valence electrons. The van der Waals surface area contributed by atoms with Gasteiger partial charge in [-0.3, -0.25) is 0 Å². The molecule has 1 unspecified atom stereocenters. The monoisotopic (exact) mass is 187 g/mol. The summed E-state index contributed by atoms with van der Waals surface area (Å²) in [4.78, 5) is 2.63. The van der Waals surface area contributed by atoms with E-state index in [9.17, 15) is 0 Å². The van der Waals surface area contributed by atoms with Crippen LogP contribution in [0.25, 0.3) is 0 Å². The van der Waals surface area contributed by atoms with E-state index in [1.165, 1.54) is 29.8 Å². The fourth-order valence-electron chi connectivity index (χ4n) is 1.94. The molecule has 0 spiro atoms. The molecular weight excluding hydrogens is 162 g/mol. The molecule has 1 atom stereocenters. The molecule has 2 heteroatoms. The second kappa shape index (κ2) is 5.03. The highest BCUT2D eigenvalue weighted by Crippen LogP contribution is 2.24. The largest absolute Gasteiger partial charge is 0.302 e. The molecule has 0 fully saturated rings. The molecule has 0 aliphatic heterocycles. The van der Waals surface area contributed by atoms with Crippen LogP contribution in [0.2, 0.25) is 0 Å². The normalized spacial score (nSPS) is 17.2. The molecular formula is C10H25NSi. The van der Waals surface area contributed by atoms with Crippen LogP contribution in [-0.2, 0) is 0 Å². The molecule has 0 bridgehead atoms. The van der Waals surface area contributed by atoms with Gasteiger partial charge in [0.05, 0.1) is 0 Å². The van der Waals surface area contributed by atoms with Crippen LogP contribution < -0.4 is 0 Å². The van der Waals surface area contributed by atoms with E-state index in [1.807, 2.05) is 0 Å². The summed E-state index contributed by atoms with van der Waals surface area (Å²) < 4.78 is 0. The fraction of sp³-hybridized carbons (Fsp3) is 1.00. The van der Waals surface area contributed by atoms with Gasteiger partial charge in [0.1, 0.15) is 0 Å². The van der Waals surface area contributed by atoms with Gasteiger partial charge in [0.25, 0.3) is 0 Å². The van der Waals surface area contributed by atoms with E-state index in [0.29, 0.717) is 5.16 Å². The zero-order valence-electron chi connectivity index (χ0n) is 9.65. The van der Waals surface area contributed by atoms with Crippen molar-refractivity contribution in [1.29, 1.82) is 0 Å². The predicted octanol–water partition coefficient (Wildman–Crippen LogP) is 1.46. The Morgan fingerprint density at radius 3 is 1.67 bits per heavy atom. The lowest BCUT2D eigenvalue weighted by molar-refractivity contribution is 0.126. The van der Waals surface area contributed by atoms with Gasteiger partial charge in [0.15, 0.2) is 0 Å². The Labute approximate surface area is 81.0 Å². The Morgan fingerprint density at radius 1 is 1.17 bits per heavy atom. The van der Waals surface area contributed by atoms with Crippen molar-refractivity contribution in [2.45, 2.75) is 46.2 Å². The molecule has 0 aliphatic carbocycles. The van der Waals surface area contributed by atoms with Crippen LogP contribution >= 0.6 is 0 Å². The molecule has 0 aromatic rings. The van der Waals surface area contributed by atoms with E-state index in [-0.39, 0.29) is 0 Å². The van der Waals surface area contributed by atoms with Gasteiger partial charge >= 0.3 is 0 Å². The zero-order valence-corrected chi connectivity index (χ0v) is 11.6. The predicted molar refractivity (Wildman–Crippen MR) is 60.7 cm³/mol. The van der Waals surface area contributed by atoms with Crippen LogP contribution in [-0.4, -0.2) is 33.4 Å². The third kappa shape index (κ3) is 2.33. The van der Waals surface area contributed by atoms with Gasteiger partial charge in [-0.2, -0.15) is 0 Å². The molecule has 12 heavy (non-hydrogen) atoms. The van der Waals surface area contributed by atoms with Crippen molar-refractivity contribution in [2.24, 2.45) is 5.92 Å². The van der Waals surface area contributed by atoms with Gasteiger partial charge in [-0.25, -0.2) is 0 Å². The maximum absolute atomic E-state index is 2.63. The number of hydrogen-bond acceptors (Lipinski definition) is 1. The minimum Gasteiger partial charge on any atom is -0.302 e. The summed E-state index contributed by atoms with van der Waals surface area (Å²) in [7, 11) is 1.28. The minimum atomic E-state index is 0.531. The van der Waals surface area contributed by atoms with E-state index in [1.54, 1.807) is 0 Å². The number of hydrogen-bond donors (Lipinski definition) is 0. The van der Waals surface area contributed by atoms with Crippen molar-refractivity contribution in [2.75, 3.05) is 13.1 Å². The Morgan fingerprint density at radius 2 is 1.58 bits per heavy atom. The van der Waals surface area contributed by atoms with Crippen molar-refractivity contribution >= 4 is 10.2 Å². The molecule has 1 nitrogen and oxygen atoms in total. The van der Waals surface area contributed by atoms with Crippen molar-refractivity contribution in [1.82, 2.24) is 4.90 Å². The molecule has 0 amide bonds. The van der Waals surface area contributed by atoms with Crippen molar-refractivity contribution in [3.8, 4) is 0 Å². The molecule has 0 rings (SSSR count). The quantitative estimate of drug-likeness (QED) is 0.589. The molecule has 0 N–H and O–H groups in total. The molecule has 0 saturated heterocycles. The summed E-state index contributed by atoms with van der Waals surface area (Å²) >= 11 is 0. The molecule has 0 heterocycles. The molecule has 0 aromatic carbocycles. The minimum absolute atomic E-state index is 0.531. The summed E-state index contributed by atoms with van der Waals surface area (Å²) in [5.41, 5.74) is 0. The maximum Gasteiger partial charge on any atom is 0.0287 e. The first kappa shape index (κ1) is 12.2. The number of nitrogens with zero attached hydrogens (tertiary/aromatic N) is 1. The Kier molecular flexibility index (Phi) is 5.10. The summed E-state index contributed by atoms with van der Waals surface area (Å²) in [6.45, 7) is 14.0. The molecule has 0 radical (unpaired) electrons. The standard InChI is InChI=1S/C10H25NSi/c1-6-10(12,9(4)5)11(7-2)8-3/h9H,6-8H2,1-5,12H3. The lowest BCUT2D eigenvalue weighted by Crippen LogP contribution is -2.52. The van der Waals surface area contributed by atoms with Gasteiger partial charge in [0.2, 0.25) is 0 Å². The Bertz CT molecular complexity index is 121. The third-order valence-corrected chi connectivity index (χ3v) is 5.94. The topological polar surface area (TPSA) is 3.24 Å². The van der Waals surface area contributed by atoms with E-state index in [4.69, 9.17) is 0 Å². The van der Waals surface area contributed by atoms with Crippen molar-refractivity contribution < 1.29 is 0 Å². The highest BCUT2D eigenvalue weighted by Gasteiger charge is 2.30. The third-order valence-electron chi connectivity index (χ3n) is 3.45. The van der Waals surface area contributed by atoms with Crippen molar-refractivity contribution in [3.05, 3.63) is 0 Å². The van der Waals surface area contributed by atoms with E-state index >= 15 is 0 Å². The second-order valence-corrected chi connectivity index (χ2v) is 5.77. The van der Waals surface area contributed by atoms with Gasteiger partial charge in [-0.05, 0) is 25.4 Å². The number of rotatable bonds is 5. The van der Waals surface area contributed by atoms with Gasteiger partial charge < -0.3 is 4.90 Å². The highest BCUT2D eigenvalue weighted by molar-refractivity contribution is 6.15. The summed E-state index contributed by atoms with van der Waals surface area (Å²) in [5, 5.41) is 0.531. The first-order valence-electron chi connectivity index (χ1n) is 5.27. The van der Waals surface area contributed by atoms with Crippen LogP contribution in [0, 0.1) is 5.92 Å². The van der Waals surface area contributed by atoms with Gasteiger partial charge in [-0.15, -0.1) is 0 Å². The van der Waals surface area contributed by atoms with Crippen LogP contribution in [0.1, 0.15) is 41.0 Å². The SMILES string of the molecule is CCN(CC)C([SiH3])(CC)C(C)C. The smallest absolute Gasteiger partial charge is 0.0287 e. The summed E-state index contributed by atoms with van der Waals surface area (Å²) in [5.74, 6) is 0.800. The maximum atomic E-state index is 2.63. The van der Waals surface area contributed by atoms with E-state index in [0.717, 1.165) is 5.92 Å². The average molecular weight is 187 g/mol. The lowest BCUT2D eigenvalue weighted by Gasteiger charge is -2.43. The van der Waals surface area contributed by atoms with E-state index < -0.39 is 0 Å². The van der Waals surface area contributed by atoms with Crippen LogP contribution in [0.4, 0.5) is 0 Å². The Hall–Kier alpha value is 0.177. The van der Waals surface area contributed by atoms with Crippen molar-refractivity contribution in [3.63, 3.8) is 0 Å². The van der Waals surface area contributed by atoms with Crippen LogP contribution in [0.5, 0.6) is 0 Å². The van der Waals surface area contributed by atoms with Gasteiger partial charge in [0, 0.05) is 15.4 Å².